The topological polar surface area (TPSA) is 82.3 Å². The smallest absolute Gasteiger partial charge is 0.273 e. The number of ether oxygens (including phenoxy) is 1. The highest BCUT2D eigenvalue weighted by Gasteiger charge is 2.14. The second kappa shape index (κ2) is 5.48. The Labute approximate surface area is 115 Å². The van der Waals surface area contributed by atoms with Crippen molar-refractivity contribution in [1.82, 2.24) is 4.98 Å². The van der Waals surface area contributed by atoms with E-state index in [4.69, 9.17) is 4.74 Å². The van der Waals surface area contributed by atoms with E-state index in [-0.39, 0.29) is 17.4 Å². The zero-order valence-electron chi connectivity index (χ0n) is 11.0. The molecule has 20 heavy (non-hydrogen) atoms. The van der Waals surface area contributed by atoms with E-state index >= 15 is 0 Å². The van der Waals surface area contributed by atoms with Gasteiger partial charge in [-0.25, -0.2) is 4.98 Å². The van der Waals surface area contributed by atoms with Crippen molar-refractivity contribution in [2.45, 2.75) is 13.8 Å². The van der Waals surface area contributed by atoms with Crippen molar-refractivity contribution in [3.05, 3.63) is 57.8 Å². The lowest BCUT2D eigenvalue weighted by molar-refractivity contribution is -0.384. The lowest BCUT2D eigenvalue weighted by atomic mass is 10.2. The van der Waals surface area contributed by atoms with Gasteiger partial charge in [-0.05, 0) is 37.6 Å². The average molecular weight is 272 g/mol. The number of nitro groups is 1. The highest BCUT2D eigenvalue weighted by atomic mass is 16.6. The normalized spacial score (nSPS) is 10.1. The maximum atomic E-state index is 11.5. The molecule has 0 saturated carbocycles. The Morgan fingerprint density at radius 3 is 2.75 bits per heavy atom. The third-order valence-electron chi connectivity index (χ3n) is 2.74. The van der Waals surface area contributed by atoms with Crippen molar-refractivity contribution < 1.29 is 14.5 Å². The molecule has 6 nitrogen and oxygen atoms in total. The van der Waals surface area contributed by atoms with Gasteiger partial charge in [0.25, 0.3) is 5.69 Å². The standard InChI is InChI=1S/C14H12N2O4/c1-9-5-6-11(16(18)19)8-13(9)20-14-12(10(2)17)4-3-7-15-14/h3-8H,1-2H3. The quantitative estimate of drug-likeness (QED) is 0.484. The molecule has 1 heterocycles. The SMILES string of the molecule is CC(=O)c1cccnc1Oc1cc([N+](=O)[O-])ccc1C. The van der Waals surface area contributed by atoms with Gasteiger partial charge in [-0.15, -0.1) is 0 Å². The Morgan fingerprint density at radius 1 is 1.35 bits per heavy atom. The number of nitro benzene ring substituents is 1. The molecule has 0 fully saturated rings. The van der Waals surface area contributed by atoms with Crippen molar-refractivity contribution in [3.8, 4) is 11.6 Å². The van der Waals surface area contributed by atoms with E-state index in [0.717, 1.165) is 5.56 Å². The van der Waals surface area contributed by atoms with Crippen LogP contribution in [-0.2, 0) is 0 Å². The first-order valence-electron chi connectivity index (χ1n) is 5.88. The van der Waals surface area contributed by atoms with Gasteiger partial charge in [0, 0.05) is 12.3 Å². The number of aryl methyl sites for hydroxylation is 1. The van der Waals surface area contributed by atoms with E-state index in [2.05, 4.69) is 4.98 Å². The molecular weight excluding hydrogens is 260 g/mol. The molecule has 0 aliphatic carbocycles. The lowest BCUT2D eigenvalue weighted by Gasteiger charge is -2.09. The summed E-state index contributed by atoms with van der Waals surface area (Å²) in [7, 11) is 0. The summed E-state index contributed by atoms with van der Waals surface area (Å²) in [5, 5.41) is 10.8. The summed E-state index contributed by atoms with van der Waals surface area (Å²) in [4.78, 5) is 25.8. The molecule has 0 spiro atoms. The van der Waals surface area contributed by atoms with Crippen LogP contribution in [0.4, 0.5) is 5.69 Å². The number of ketones is 1. The molecule has 0 amide bonds. The minimum atomic E-state index is -0.503. The molecule has 0 aliphatic heterocycles. The minimum Gasteiger partial charge on any atom is -0.438 e. The Hall–Kier alpha value is -2.76. The Kier molecular flexibility index (Phi) is 3.74. The van der Waals surface area contributed by atoms with Crippen LogP contribution in [0.2, 0.25) is 0 Å². The molecule has 6 heteroatoms. The van der Waals surface area contributed by atoms with Gasteiger partial charge in [0.05, 0.1) is 16.6 Å². The van der Waals surface area contributed by atoms with Crippen LogP contribution in [0.3, 0.4) is 0 Å². The first-order chi connectivity index (χ1) is 9.49. The number of rotatable bonds is 4. The number of hydrogen-bond acceptors (Lipinski definition) is 5. The van der Waals surface area contributed by atoms with Crippen LogP contribution in [0.5, 0.6) is 11.6 Å². The summed E-state index contributed by atoms with van der Waals surface area (Å²) in [5.74, 6) is 0.264. The number of Topliss-reactive ketones (excluding diaryl/α,β-unsaturated/α-hetero) is 1. The Bertz CT molecular complexity index is 683. The Balaban J connectivity index is 2.42. The van der Waals surface area contributed by atoms with Crippen molar-refractivity contribution >= 4 is 11.5 Å². The van der Waals surface area contributed by atoms with E-state index < -0.39 is 4.92 Å². The largest absolute Gasteiger partial charge is 0.438 e. The zero-order valence-corrected chi connectivity index (χ0v) is 11.0. The summed E-state index contributed by atoms with van der Waals surface area (Å²) in [6, 6.07) is 7.52. The molecule has 0 atom stereocenters. The minimum absolute atomic E-state index is 0.0779. The molecule has 0 saturated heterocycles. The number of pyridine rings is 1. The van der Waals surface area contributed by atoms with Gasteiger partial charge in [-0.1, -0.05) is 0 Å². The molecule has 0 aliphatic rings. The molecule has 0 bridgehead atoms. The van der Waals surface area contributed by atoms with Crippen LogP contribution in [0.15, 0.2) is 36.5 Å². The zero-order chi connectivity index (χ0) is 14.7. The summed E-state index contributed by atoms with van der Waals surface area (Å²) < 4.78 is 5.56. The van der Waals surface area contributed by atoms with Crippen LogP contribution < -0.4 is 4.74 Å². The summed E-state index contributed by atoms with van der Waals surface area (Å²) in [6.45, 7) is 3.17. The van der Waals surface area contributed by atoms with E-state index in [0.29, 0.717) is 11.3 Å². The monoisotopic (exact) mass is 272 g/mol. The van der Waals surface area contributed by atoms with Gasteiger partial charge in [-0.3, -0.25) is 14.9 Å². The first kappa shape index (κ1) is 13.7. The van der Waals surface area contributed by atoms with Crippen molar-refractivity contribution in [3.63, 3.8) is 0 Å². The van der Waals surface area contributed by atoms with Crippen LogP contribution in [0.25, 0.3) is 0 Å². The van der Waals surface area contributed by atoms with Crippen molar-refractivity contribution in [2.75, 3.05) is 0 Å². The fourth-order valence-corrected chi connectivity index (χ4v) is 1.66. The third kappa shape index (κ3) is 2.80. The Morgan fingerprint density at radius 2 is 2.10 bits per heavy atom. The summed E-state index contributed by atoms with van der Waals surface area (Å²) >= 11 is 0. The average Bonchev–Trinajstić information content (AvgIpc) is 2.41. The van der Waals surface area contributed by atoms with E-state index in [1.807, 2.05) is 0 Å². The molecule has 0 unspecified atom stereocenters. The predicted octanol–water partition coefficient (Wildman–Crippen LogP) is 3.29. The fourth-order valence-electron chi connectivity index (χ4n) is 1.66. The first-order valence-corrected chi connectivity index (χ1v) is 5.88. The van der Waals surface area contributed by atoms with Crippen LogP contribution in [-0.4, -0.2) is 15.7 Å². The van der Waals surface area contributed by atoms with Gasteiger partial charge in [-0.2, -0.15) is 0 Å². The van der Waals surface area contributed by atoms with Gasteiger partial charge in [0.1, 0.15) is 5.75 Å². The lowest BCUT2D eigenvalue weighted by Crippen LogP contribution is -2.00. The molecule has 0 N–H and O–H groups in total. The van der Waals surface area contributed by atoms with Crippen molar-refractivity contribution in [1.29, 1.82) is 0 Å². The van der Waals surface area contributed by atoms with Crippen molar-refractivity contribution in [2.24, 2.45) is 0 Å². The third-order valence-corrected chi connectivity index (χ3v) is 2.74. The number of carbonyl (C=O) groups is 1. The fraction of sp³-hybridized carbons (Fsp3) is 0.143. The maximum absolute atomic E-state index is 11.5. The van der Waals surface area contributed by atoms with Crippen LogP contribution in [0.1, 0.15) is 22.8 Å². The summed E-state index contributed by atoms with van der Waals surface area (Å²) in [6.07, 6.45) is 1.49. The number of aromatic nitrogens is 1. The molecule has 102 valence electrons. The highest BCUT2D eigenvalue weighted by molar-refractivity contribution is 5.96. The van der Waals surface area contributed by atoms with Gasteiger partial charge < -0.3 is 4.74 Å². The molecular formula is C14H12N2O4. The van der Waals surface area contributed by atoms with Gasteiger partial charge in [0.15, 0.2) is 5.78 Å². The summed E-state index contributed by atoms with van der Waals surface area (Å²) in [5.41, 5.74) is 0.972. The van der Waals surface area contributed by atoms with Crippen LogP contribution >= 0.6 is 0 Å². The predicted molar refractivity (Wildman–Crippen MR) is 72.1 cm³/mol. The second-order valence-electron chi connectivity index (χ2n) is 4.22. The molecule has 1 aromatic heterocycles. The number of carbonyl (C=O) groups excluding carboxylic acids is 1. The van der Waals surface area contributed by atoms with E-state index in [1.165, 1.54) is 25.3 Å². The highest BCUT2D eigenvalue weighted by Crippen LogP contribution is 2.29. The van der Waals surface area contributed by atoms with Gasteiger partial charge >= 0.3 is 0 Å². The second-order valence-corrected chi connectivity index (χ2v) is 4.22. The molecule has 2 aromatic rings. The van der Waals surface area contributed by atoms with Crippen LogP contribution in [0, 0.1) is 17.0 Å². The number of benzene rings is 1. The maximum Gasteiger partial charge on any atom is 0.273 e. The molecule has 2 rings (SSSR count). The number of hydrogen-bond donors (Lipinski definition) is 0. The van der Waals surface area contributed by atoms with E-state index in [1.54, 1.807) is 25.1 Å². The van der Waals surface area contributed by atoms with E-state index in [9.17, 15) is 14.9 Å². The molecule has 1 aromatic carbocycles. The molecule has 0 radical (unpaired) electrons. The number of nitrogens with zero attached hydrogens (tertiary/aromatic N) is 2. The number of non-ortho nitro benzene ring substituents is 1. The van der Waals surface area contributed by atoms with Gasteiger partial charge in [0.2, 0.25) is 5.88 Å².